The lowest BCUT2D eigenvalue weighted by atomic mass is 9.98. The number of carboxylic acid groups (broad SMARTS) is 1. The number of hydrogen-bond acceptors (Lipinski definition) is 6. The van der Waals surface area contributed by atoms with Crippen LogP contribution in [0.25, 0.3) is 11.4 Å². The number of pyridine rings is 1. The minimum absolute atomic E-state index is 0.180. The molecule has 0 aromatic carbocycles. The van der Waals surface area contributed by atoms with Gasteiger partial charge in [0.2, 0.25) is 5.95 Å². The number of hydrogen-bond donors (Lipinski definition) is 2. The smallest absolute Gasteiger partial charge is 0.335 e. The van der Waals surface area contributed by atoms with Crippen LogP contribution < -0.4 is 4.90 Å². The summed E-state index contributed by atoms with van der Waals surface area (Å²) in [5, 5.41) is 18.3. The summed E-state index contributed by atoms with van der Waals surface area (Å²) in [6.45, 7) is 1.83. The molecule has 7 nitrogen and oxygen atoms in total. The number of aliphatic hydroxyl groups excluding tert-OH is 1. The first-order valence-electron chi connectivity index (χ1n) is 7.56. The number of nitrogens with zero attached hydrogens (tertiary/aromatic N) is 4. The number of piperidine rings is 1. The Bertz CT molecular complexity index is 699. The third kappa shape index (κ3) is 3.45. The number of aromatic nitrogens is 3. The minimum atomic E-state index is -0.992. The average Bonchev–Trinajstić information content (AvgIpc) is 2.62. The molecule has 1 aliphatic rings. The third-order valence-corrected chi connectivity index (χ3v) is 4.07. The number of carbonyl (C=O) groups is 1. The molecule has 1 aliphatic heterocycles. The van der Waals surface area contributed by atoms with Gasteiger partial charge in [0.05, 0.1) is 17.0 Å². The normalized spacial score (nSPS) is 15.6. The van der Waals surface area contributed by atoms with Crippen LogP contribution in [-0.2, 0) is 0 Å². The predicted molar refractivity (Wildman–Crippen MR) is 84.2 cm³/mol. The fourth-order valence-corrected chi connectivity index (χ4v) is 2.66. The molecule has 0 bridgehead atoms. The molecule has 0 unspecified atom stereocenters. The number of rotatable bonds is 4. The van der Waals surface area contributed by atoms with Gasteiger partial charge >= 0.3 is 5.97 Å². The molecule has 23 heavy (non-hydrogen) atoms. The Balaban J connectivity index is 1.83. The van der Waals surface area contributed by atoms with Gasteiger partial charge in [-0.1, -0.05) is 0 Å². The highest BCUT2D eigenvalue weighted by Crippen LogP contribution is 2.22. The van der Waals surface area contributed by atoms with Crippen LogP contribution in [0.4, 0.5) is 5.95 Å². The second kappa shape index (κ2) is 6.70. The molecular formula is C16H18N4O3. The summed E-state index contributed by atoms with van der Waals surface area (Å²) in [6, 6.07) is 4.68. The number of aromatic carboxylic acids is 1. The van der Waals surface area contributed by atoms with E-state index in [1.807, 2.05) is 0 Å². The fourth-order valence-electron chi connectivity index (χ4n) is 2.66. The van der Waals surface area contributed by atoms with Gasteiger partial charge in [-0.3, -0.25) is 4.98 Å². The van der Waals surface area contributed by atoms with E-state index in [0.29, 0.717) is 23.3 Å². The second-order valence-electron chi connectivity index (χ2n) is 5.59. The van der Waals surface area contributed by atoms with Crippen molar-refractivity contribution >= 4 is 11.9 Å². The Morgan fingerprint density at radius 2 is 1.91 bits per heavy atom. The molecular weight excluding hydrogens is 296 g/mol. The van der Waals surface area contributed by atoms with Gasteiger partial charge in [-0.2, -0.15) is 0 Å². The lowest BCUT2D eigenvalue weighted by Crippen LogP contribution is -2.35. The highest BCUT2D eigenvalue weighted by Gasteiger charge is 2.20. The molecule has 1 fully saturated rings. The maximum atomic E-state index is 11.1. The average molecular weight is 314 g/mol. The number of carboxylic acids is 1. The molecule has 0 atom stereocenters. The molecule has 0 spiro atoms. The molecule has 2 N–H and O–H groups in total. The molecule has 120 valence electrons. The zero-order valence-corrected chi connectivity index (χ0v) is 12.6. The quantitative estimate of drug-likeness (QED) is 0.881. The SMILES string of the molecule is O=C(O)c1ccnc(-c2ccnc(N3CCC(CO)CC3)n2)c1. The van der Waals surface area contributed by atoms with Crippen molar-refractivity contribution in [3.8, 4) is 11.4 Å². The minimum Gasteiger partial charge on any atom is -0.478 e. The molecule has 1 saturated heterocycles. The van der Waals surface area contributed by atoms with E-state index in [2.05, 4.69) is 19.9 Å². The fraction of sp³-hybridized carbons (Fsp3) is 0.375. The van der Waals surface area contributed by atoms with Crippen LogP contribution in [0.5, 0.6) is 0 Å². The second-order valence-corrected chi connectivity index (χ2v) is 5.59. The van der Waals surface area contributed by atoms with Crippen molar-refractivity contribution in [1.29, 1.82) is 0 Å². The summed E-state index contributed by atoms with van der Waals surface area (Å²) >= 11 is 0. The highest BCUT2D eigenvalue weighted by molar-refractivity contribution is 5.88. The predicted octanol–water partition coefficient (Wildman–Crippen LogP) is 1.45. The van der Waals surface area contributed by atoms with E-state index >= 15 is 0 Å². The molecule has 0 saturated carbocycles. The van der Waals surface area contributed by atoms with Gasteiger partial charge in [0, 0.05) is 32.1 Å². The number of anilines is 1. The lowest BCUT2D eigenvalue weighted by molar-refractivity contribution is 0.0697. The van der Waals surface area contributed by atoms with Gasteiger partial charge < -0.3 is 15.1 Å². The molecule has 0 aliphatic carbocycles. The summed E-state index contributed by atoms with van der Waals surface area (Å²) in [4.78, 5) is 26.2. The van der Waals surface area contributed by atoms with E-state index in [9.17, 15) is 9.90 Å². The Morgan fingerprint density at radius 1 is 1.17 bits per heavy atom. The van der Waals surface area contributed by atoms with Gasteiger partial charge in [-0.15, -0.1) is 0 Å². The van der Waals surface area contributed by atoms with E-state index < -0.39 is 5.97 Å². The third-order valence-electron chi connectivity index (χ3n) is 4.07. The van der Waals surface area contributed by atoms with Crippen LogP contribution in [0.3, 0.4) is 0 Å². The monoisotopic (exact) mass is 314 g/mol. The van der Waals surface area contributed by atoms with Crippen LogP contribution in [0.1, 0.15) is 23.2 Å². The Hall–Kier alpha value is -2.54. The molecule has 3 rings (SSSR count). The summed E-state index contributed by atoms with van der Waals surface area (Å²) < 4.78 is 0. The van der Waals surface area contributed by atoms with E-state index in [-0.39, 0.29) is 12.2 Å². The topological polar surface area (TPSA) is 99.4 Å². The van der Waals surface area contributed by atoms with Crippen molar-refractivity contribution < 1.29 is 15.0 Å². The van der Waals surface area contributed by atoms with E-state index in [0.717, 1.165) is 25.9 Å². The Morgan fingerprint density at radius 3 is 2.61 bits per heavy atom. The van der Waals surface area contributed by atoms with Crippen LogP contribution in [-0.4, -0.2) is 50.8 Å². The van der Waals surface area contributed by atoms with E-state index in [1.165, 1.54) is 18.3 Å². The highest BCUT2D eigenvalue weighted by atomic mass is 16.4. The maximum Gasteiger partial charge on any atom is 0.335 e. The Kier molecular flexibility index (Phi) is 4.47. The van der Waals surface area contributed by atoms with Crippen LogP contribution in [0.15, 0.2) is 30.6 Å². The zero-order valence-electron chi connectivity index (χ0n) is 12.6. The number of aliphatic hydroxyl groups is 1. The van der Waals surface area contributed by atoms with Crippen molar-refractivity contribution in [3.63, 3.8) is 0 Å². The zero-order chi connectivity index (χ0) is 16.2. The van der Waals surface area contributed by atoms with Crippen LogP contribution in [0.2, 0.25) is 0 Å². The summed E-state index contributed by atoms with van der Waals surface area (Å²) in [6.07, 6.45) is 4.95. The Labute approximate surface area is 133 Å². The molecule has 2 aromatic rings. The summed E-state index contributed by atoms with van der Waals surface area (Å²) in [5.41, 5.74) is 1.29. The maximum absolute atomic E-state index is 11.1. The molecule has 2 aromatic heterocycles. The first-order chi connectivity index (χ1) is 11.2. The molecule has 7 heteroatoms. The first-order valence-corrected chi connectivity index (χ1v) is 7.56. The largest absolute Gasteiger partial charge is 0.478 e. The van der Waals surface area contributed by atoms with Gasteiger partial charge in [0.1, 0.15) is 0 Å². The van der Waals surface area contributed by atoms with Crippen molar-refractivity contribution in [3.05, 3.63) is 36.2 Å². The summed E-state index contributed by atoms with van der Waals surface area (Å²) in [5.74, 6) is -0.0289. The lowest BCUT2D eigenvalue weighted by Gasteiger charge is -2.31. The first kappa shape index (κ1) is 15.4. The standard InChI is InChI=1S/C16H18N4O3/c21-10-11-3-7-20(8-4-11)16-18-6-2-13(19-16)14-9-12(15(22)23)1-5-17-14/h1-2,5-6,9,11,21H,3-4,7-8,10H2,(H,22,23). The van der Waals surface area contributed by atoms with Crippen LogP contribution >= 0.6 is 0 Å². The molecule has 3 heterocycles. The van der Waals surface area contributed by atoms with E-state index in [1.54, 1.807) is 12.3 Å². The molecule has 0 radical (unpaired) electrons. The van der Waals surface area contributed by atoms with Crippen molar-refractivity contribution in [2.45, 2.75) is 12.8 Å². The van der Waals surface area contributed by atoms with E-state index in [4.69, 9.17) is 5.11 Å². The van der Waals surface area contributed by atoms with Crippen molar-refractivity contribution in [1.82, 2.24) is 15.0 Å². The molecule has 0 amide bonds. The summed E-state index contributed by atoms with van der Waals surface area (Å²) in [7, 11) is 0. The van der Waals surface area contributed by atoms with Gasteiger partial charge in [-0.05, 0) is 37.0 Å². The van der Waals surface area contributed by atoms with Gasteiger partial charge in [0.25, 0.3) is 0 Å². The van der Waals surface area contributed by atoms with Crippen molar-refractivity contribution in [2.75, 3.05) is 24.6 Å². The van der Waals surface area contributed by atoms with Crippen LogP contribution in [0, 0.1) is 5.92 Å². The van der Waals surface area contributed by atoms with Gasteiger partial charge in [-0.25, -0.2) is 14.8 Å². The van der Waals surface area contributed by atoms with Gasteiger partial charge in [0.15, 0.2) is 0 Å². The van der Waals surface area contributed by atoms with Crippen molar-refractivity contribution in [2.24, 2.45) is 5.92 Å².